The maximum atomic E-state index is 14.0. The molecule has 0 aliphatic heterocycles. The number of aromatic amines is 2. The van der Waals surface area contributed by atoms with Gasteiger partial charge >= 0.3 is 0 Å². The number of hydrogen-bond donors (Lipinski definition) is 3. The molecule has 0 radical (unpaired) electrons. The summed E-state index contributed by atoms with van der Waals surface area (Å²) in [5.41, 5.74) is 2.34. The molecule has 4 rings (SSSR count). The lowest BCUT2D eigenvalue weighted by Crippen LogP contribution is -2.03. The van der Waals surface area contributed by atoms with Crippen LogP contribution < -0.4 is 0 Å². The van der Waals surface area contributed by atoms with Crippen LogP contribution in [0.4, 0.5) is 4.39 Å². The van der Waals surface area contributed by atoms with Crippen molar-refractivity contribution >= 4 is 16.8 Å². The van der Waals surface area contributed by atoms with Gasteiger partial charge in [-0.25, -0.2) is 9.37 Å². The predicted molar refractivity (Wildman–Crippen MR) is 87.4 cm³/mol. The van der Waals surface area contributed by atoms with E-state index in [4.69, 9.17) is 0 Å². The van der Waals surface area contributed by atoms with Crippen LogP contribution in [-0.2, 0) is 0 Å². The second-order valence-electron chi connectivity index (χ2n) is 5.37. The van der Waals surface area contributed by atoms with Gasteiger partial charge < -0.3 is 15.1 Å². The fraction of sp³-hybridized carbons (Fsp3) is 0. The Bertz CT molecular complexity index is 1050. The van der Waals surface area contributed by atoms with E-state index in [0.717, 1.165) is 11.3 Å². The van der Waals surface area contributed by atoms with Crippen LogP contribution in [0.1, 0.15) is 15.9 Å². The molecule has 118 valence electrons. The quantitative estimate of drug-likeness (QED) is 0.504. The number of aromatic nitrogens is 3. The summed E-state index contributed by atoms with van der Waals surface area (Å²) < 4.78 is 14.0. The third kappa shape index (κ3) is 2.16. The molecule has 0 bridgehead atoms. The van der Waals surface area contributed by atoms with Crippen molar-refractivity contribution in [1.29, 1.82) is 0 Å². The third-order valence-electron chi connectivity index (χ3n) is 3.91. The fourth-order valence-electron chi connectivity index (χ4n) is 2.69. The van der Waals surface area contributed by atoms with Crippen molar-refractivity contribution < 1.29 is 14.3 Å². The van der Waals surface area contributed by atoms with Crippen molar-refractivity contribution in [2.24, 2.45) is 0 Å². The van der Waals surface area contributed by atoms with Gasteiger partial charge in [-0.1, -0.05) is 6.07 Å². The lowest BCUT2D eigenvalue weighted by atomic mass is 10.0. The van der Waals surface area contributed by atoms with Crippen molar-refractivity contribution in [3.05, 3.63) is 71.9 Å². The lowest BCUT2D eigenvalue weighted by Gasteiger charge is -2.04. The van der Waals surface area contributed by atoms with Crippen LogP contribution in [0.5, 0.6) is 5.75 Å². The molecule has 0 aliphatic rings. The van der Waals surface area contributed by atoms with Gasteiger partial charge in [0.25, 0.3) is 0 Å². The number of fused-ring (bicyclic) bond motifs is 1. The average molecular weight is 321 g/mol. The van der Waals surface area contributed by atoms with Crippen LogP contribution in [-0.4, -0.2) is 25.8 Å². The Morgan fingerprint density at radius 3 is 2.79 bits per heavy atom. The summed E-state index contributed by atoms with van der Waals surface area (Å²) in [5, 5.41) is 10.1. The molecular weight excluding hydrogens is 309 g/mol. The number of phenolic OH excluding ortho intramolecular Hbond substituents is 1. The minimum atomic E-state index is -0.926. The molecule has 3 heterocycles. The molecule has 0 unspecified atom stereocenters. The minimum Gasteiger partial charge on any atom is -0.505 e. The fourth-order valence-corrected chi connectivity index (χ4v) is 2.69. The molecule has 6 heteroatoms. The molecule has 0 fully saturated rings. The number of carbonyl (C=O) groups excluding carboxylic acids is 1. The maximum Gasteiger partial charge on any atom is 0.198 e. The van der Waals surface area contributed by atoms with E-state index in [0.29, 0.717) is 16.6 Å². The number of carbonyl (C=O) groups is 1. The van der Waals surface area contributed by atoms with Crippen molar-refractivity contribution in [2.75, 3.05) is 0 Å². The van der Waals surface area contributed by atoms with E-state index in [1.54, 1.807) is 12.4 Å². The van der Waals surface area contributed by atoms with Crippen molar-refractivity contribution in [2.45, 2.75) is 0 Å². The van der Waals surface area contributed by atoms with Gasteiger partial charge in [-0.15, -0.1) is 0 Å². The van der Waals surface area contributed by atoms with Gasteiger partial charge in [0, 0.05) is 40.8 Å². The standard InChI is InChI=1S/C18H12FN3O2/c19-16-11(3-1-5-15(16)23)17(24)13-9-22-18-12(13)7-10(8-21-18)14-4-2-6-20-14/h1-9,20,23H,(H,21,22). The highest BCUT2D eigenvalue weighted by Gasteiger charge is 2.20. The van der Waals surface area contributed by atoms with E-state index in [1.165, 1.54) is 24.4 Å². The molecule has 1 aromatic carbocycles. The molecule has 3 aromatic heterocycles. The molecule has 24 heavy (non-hydrogen) atoms. The molecule has 0 amide bonds. The van der Waals surface area contributed by atoms with Gasteiger partial charge in [-0.05, 0) is 30.3 Å². The summed E-state index contributed by atoms with van der Waals surface area (Å²) in [6, 6.07) is 9.56. The zero-order chi connectivity index (χ0) is 16.7. The maximum absolute atomic E-state index is 14.0. The normalized spacial score (nSPS) is 11.0. The van der Waals surface area contributed by atoms with Gasteiger partial charge in [-0.3, -0.25) is 4.79 Å². The van der Waals surface area contributed by atoms with Crippen LogP contribution in [0.25, 0.3) is 22.3 Å². The number of H-pyrrole nitrogens is 2. The predicted octanol–water partition coefficient (Wildman–Crippen LogP) is 3.63. The number of ketones is 1. The van der Waals surface area contributed by atoms with Gasteiger partial charge in [0.05, 0.1) is 5.56 Å². The summed E-state index contributed by atoms with van der Waals surface area (Å²) in [7, 11) is 0. The summed E-state index contributed by atoms with van der Waals surface area (Å²) in [5.74, 6) is -1.99. The lowest BCUT2D eigenvalue weighted by molar-refractivity contribution is 0.103. The highest BCUT2D eigenvalue weighted by molar-refractivity contribution is 6.16. The summed E-state index contributed by atoms with van der Waals surface area (Å²) >= 11 is 0. The van der Waals surface area contributed by atoms with E-state index in [-0.39, 0.29) is 5.56 Å². The second kappa shape index (κ2) is 5.34. The van der Waals surface area contributed by atoms with E-state index < -0.39 is 17.3 Å². The summed E-state index contributed by atoms with van der Waals surface area (Å²) in [4.78, 5) is 23.0. The van der Waals surface area contributed by atoms with Crippen LogP contribution in [0.3, 0.4) is 0 Å². The summed E-state index contributed by atoms with van der Waals surface area (Å²) in [6.07, 6.45) is 4.99. The SMILES string of the molecule is O=C(c1cccc(O)c1F)c1c[nH]c2ncc(-c3ccc[nH]3)cc12. The van der Waals surface area contributed by atoms with E-state index in [2.05, 4.69) is 15.0 Å². The van der Waals surface area contributed by atoms with E-state index in [9.17, 15) is 14.3 Å². The number of hydrogen-bond acceptors (Lipinski definition) is 3. The number of nitrogens with zero attached hydrogens (tertiary/aromatic N) is 1. The Kier molecular flexibility index (Phi) is 3.16. The monoisotopic (exact) mass is 321 g/mol. The number of nitrogens with one attached hydrogen (secondary N) is 2. The Balaban J connectivity index is 1.86. The number of halogens is 1. The number of aromatic hydroxyl groups is 1. The number of benzene rings is 1. The van der Waals surface area contributed by atoms with Gasteiger partial charge in [0.1, 0.15) is 5.65 Å². The van der Waals surface area contributed by atoms with Crippen LogP contribution in [0.2, 0.25) is 0 Å². The van der Waals surface area contributed by atoms with Crippen molar-refractivity contribution in [1.82, 2.24) is 15.0 Å². The molecule has 0 saturated heterocycles. The number of phenols is 1. The molecular formula is C18H12FN3O2. The number of rotatable bonds is 3. The first-order chi connectivity index (χ1) is 11.6. The first kappa shape index (κ1) is 14.2. The third-order valence-corrected chi connectivity index (χ3v) is 3.91. The Labute approximate surface area is 135 Å². The van der Waals surface area contributed by atoms with Crippen LogP contribution >= 0.6 is 0 Å². The Morgan fingerprint density at radius 1 is 1.12 bits per heavy atom. The first-order valence-electron chi connectivity index (χ1n) is 7.28. The molecule has 3 N–H and O–H groups in total. The molecule has 0 aliphatic carbocycles. The number of pyridine rings is 1. The second-order valence-corrected chi connectivity index (χ2v) is 5.37. The Morgan fingerprint density at radius 2 is 2.00 bits per heavy atom. The van der Waals surface area contributed by atoms with E-state index >= 15 is 0 Å². The van der Waals surface area contributed by atoms with Gasteiger partial charge in [0.2, 0.25) is 0 Å². The van der Waals surface area contributed by atoms with Crippen molar-refractivity contribution in [3.8, 4) is 17.0 Å². The molecule has 0 atom stereocenters. The average Bonchev–Trinajstić information content (AvgIpc) is 3.25. The van der Waals surface area contributed by atoms with Gasteiger partial charge in [-0.2, -0.15) is 0 Å². The smallest absolute Gasteiger partial charge is 0.198 e. The highest BCUT2D eigenvalue weighted by atomic mass is 19.1. The first-order valence-corrected chi connectivity index (χ1v) is 7.28. The topological polar surface area (TPSA) is 81.8 Å². The van der Waals surface area contributed by atoms with Gasteiger partial charge in [0.15, 0.2) is 17.3 Å². The minimum absolute atomic E-state index is 0.179. The highest BCUT2D eigenvalue weighted by Crippen LogP contribution is 2.27. The van der Waals surface area contributed by atoms with Crippen LogP contribution in [0, 0.1) is 5.82 Å². The zero-order valence-electron chi connectivity index (χ0n) is 12.4. The van der Waals surface area contributed by atoms with Crippen molar-refractivity contribution in [3.63, 3.8) is 0 Å². The molecule has 0 saturated carbocycles. The van der Waals surface area contributed by atoms with Crippen LogP contribution in [0.15, 0.2) is 55.0 Å². The largest absolute Gasteiger partial charge is 0.505 e. The molecule has 0 spiro atoms. The summed E-state index contributed by atoms with van der Waals surface area (Å²) in [6.45, 7) is 0. The van der Waals surface area contributed by atoms with E-state index in [1.807, 2.05) is 18.2 Å². The molecule has 4 aromatic rings. The Hall–Kier alpha value is -3.41. The zero-order valence-corrected chi connectivity index (χ0v) is 12.4. The molecule has 5 nitrogen and oxygen atoms in total.